The number of primary amides is 1. The van der Waals surface area contributed by atoms with Crippen LogP contribution in [-0.2, 0) is 6.54 Å². The topological polar surface area (TPSA) is 128 Å². The van der Waals surface area contributed by atoms with Gasteiger partial charge in [-0.05, 0) is 24.5 Å². The Kier molecular flexibility index (Phi) is 7.37. The van der Waals surface area contributed by atoms with Crippen LogP contribution >= 0.6 is 11.3 Å². The summed E-state index contributed by atoms with van der Waals surface area (Å²) >= 11 is 1.26. The molecule has 0 saturated heterocycles. The molecule has 0 aliphatic rings. The summed E-state index contributed by atoms with van der Waals surface area (Å²) in [7, 11) is 1.40. The lowest BCUT2D eigenvalue weighted by atomic mass is 10.1. The van der Waals surface area contributed by atoms with E-state index in [9.17, 15) is 19.5 Å². The number of amides is 2. The fourth-order valence-corrected chi connectivity index (χ4v) is 4.28. The standard InChI is InChI=1S/C23H28N4O5S/c1-5-6-9-32-18-16-10-14(20-25-17(12-33-20)19(24)28)7-8-15(16)22(29)27(11-13(2)3)21(18)26(4)23(30)31/h7-8,10,12-13H,5-6,9,11H2,1-4H3,(H2,24,28)(H,30,31). The summed E-state index contributed by atoms with van der Waals surface area (Å²) in [5, 5.41) is 12.8. The highest BCUT2D eigenvalue weighted by Crippen LogP contribution is 2.37. The number of carbonyl (C=O) groups excluding carboxylic acids is 1. The molecule has 0 unspecified atom stereocenters. The Bertz CT molecular complexity index is 1250. The van der Waals surface area contributed by atoms with Crippen molar-refractivity contribution in [3.8, 4) is 16.3 Å². The minimum absolute atomic E-state index is 0.103. The van der Waals surface area contributed by atoms with Crippen LogP contribution in [0.25, 0.3) is 21.3 Å². The van der Waals surface area contributed by atoms with Gasteiger partial charge in [0.25, 0.3) is 11.5 Å². The molecule has 0 atom stereocenters. The Morgan fingerprint density at radius 3 is 2.61 bits per heavy atom. The van der Waals surface area contributed by atoms with E-state index in [1.165, 1.54) is 23.0 Å². The Hall–Kier alpha value is -3.40. The number of fused-ring (bicyclic) bond motifs is 1. The van der Waals surface area contributed by atoms with E-state index in [4.69, 9.17) is 10.5 Å². The number of ether oxygens (including phenoxy) is 1. The van der Waals surface area contributed by atoms with Gasteiger partial charge in [-0.15, -0.1) is 11.3 Å². The second-order valence-electron chi connectivity index (χ2n) is 8.17. The van der Waals surface area contributed by atoms with Gasteiger partial charge in [-0.3, -0.25) is 19.1 Å². The summed E-state index contributed by atoms with van der Waals surface area (Å²) in [6, 6.07) is 5.19. The molecular weight excluding hydrogens is 444 g/mol. The van der Waals surface area contributed by atoms with E-state index in [0.29, 0.717) is 40.2 Å². The summed E-state index contributed by atoms with van der Waals surface area (Å²) in [5.41, 5.74) is 5.86. The number of unbranched alkanes of at least 4 members (excludes halogenated alkanes) is 1. The smallest absolute Gasteiger partial charge is 0.412 e. The van der Waals surface area contributed by atoms with Gasteiger partial charge in [-0.1, -0.05) is 33.3 Å². The number of aromatic nitrogens is 2. The molecule has 0 radical (unpaired) electrons. The maximum absolute atomic E-state index is 13.4. The van der Waals surface area contributed by atoms with Gasteiger partial charge in [0.2, 0.25) is 0 Å². The first-order valence-electron chi connectivity index (χ1n) is 10.7. The average molecular weight is 473 g/mol. The Balaban J connectivity index is 2.33. The Labute approximate surface area is 195 Å². The molecule has 2 heterocycles. The second-order valence-corrected chi connectivity index (χ2v) is 9.03. The van der Waals surface area contributed by atoms with E-state index in [-0.39, 0.29) is 23.0 Å². The van der Waals surface area contributed by atoms with Gasteiger partial charge >= 0.3 is 6.09 Å². The minimum atomic E-state index is -1.20. The van der Waals surface area contributed by atoms with Crippen LogP contribution in [0.5, 0.6) is 5.75 Å². The summed E-state index contributed by atoms with van der Waals surface area (Å²) in [4.78, 5) is 42.1. The molecule has 3 aromatic rings. The number of benzene rings is 1. The monoisotopic (exact) mass is 472 g/mol. The van der Waals surface area contributed by atoms with Crippen LogP contribution in [0, 0.1) is 5.92 Å². The van der Waals surface area contributed by atoms with Crippen molar-refractivity contribution in [3.63, 3.8) is 0 Å². The lowest BCUT2D eigenvalue weighted by Crippen LogP contribution is -2.34. The van der Waals surface area contributed by atoms with E-state index in [1.807, 2.05) is 20.8 Å². The molecule has 0 aliphatic heterocycles. The third kappa shape index (κ3) is 5.00. The van der Waals surface area contributed by atoms with Crippen LogP contribution in [-0.4, -0.2) is 40.3 Å². The van der Waals surface area contributed by atoms with Crippen LogP contribution in [0.1, 0.15) is 44.1 Å². The van der Waals surface area contributed by atoms with Crippen molar-refractivity contribution in [1.29, 1.82) is 0 Å². The number of carbonyl (C=O) groups is 2. The molecule has 0 fully saturated rings. The number of anilines is 1. The molecule has 3 rings (SSSR count). The highest BCUT2D eigenvalue weighted by atomic mass is 32.1. The van der Waals surface area contributed by atoms with Crippen molar-refractivity contribution in [3.05, 3.63) is 39.6 Å². The summed E-state index contributed by atoms with van der Waals surface area (Å²) < 4.78 is 7.59. The summed E-state index contributed by atoms with van der Waals surface area (Å²) in [6.07, 6.45) is 0.470. The zero-order chi connectivity index (χ0) is 24.3. The van der Waals surface area contributed by atoms with E-state index >= 15 is 0 Å². The predicted molar refractivity (Wildman–Crippen MR) is 130 cm³/mol. The number of carboxylic acid groups (broad SMARTS) is 1. The van der Waals surface area contributed by atoms with Crippen LogP contribution in [0.3, 0.4) is 0 Å². The summed E-state index contributed by atoms with van der Waals surface area (Å²) in [5.74, 6) is 0.00580. The lowest BCUT2D eigenvalue weighted by Gasteiger charge is -2.25. The third-order valence-corrected chi connectivity index (χ3v) is 5.99. The molecule has 0 bridgehead atoms. The zero-order valence-corrected chi connectivity index (χ0v) is 19.9. The van der Waals surface area contributed by atoms with Crippen molar-refractivity contribution in [2.24, 2.45) is 11.7 Å². The molecule has 176 valence electrons. The molecule has 0 saturated carbocycles. The van der Waals surface area contributed by atoms with Crippen molar-refractivity contribution < 1.29 is 19.4 Å². The first-order chi connectivity index (χ1) is 15.6. The largest absolute Gasteiger partial charge is 0.489 e. The van der Waals surface area contributed by atoms with Crippen molar-refractivity contribution in [2.45, 2.75) is 40.2 Å². The first-order valence-corrected chi connectivity index (χ1v) is 11.6. The molecule has 1 aromatic carbocycles. The van der Waals surface area contributed by atoms with Crippen LogP contribution in [0.2, 0.25) is 0 Å². The fraction of sp³-hybridized carbons (Fsp3) is 0.391. The maximum atomic E-state index is 13.4. The van der Waals surface area contributed by atoms with Crippen molar-refractivity contribution >= 4 is 39.9 Å². The second kappa shape index (κ2) is 10.0. The van der Waals surface area contributed by atoms with Gasteiger partial charge in [0.15, 0.2) is 11.6 Å². The maximum Gasteiger partial charge on any atom is 0.412 e. The van der Waals surface area contributed by atoms with Gasteiger partial charge in [-0.25, -0.2) is 9.78 Å². The van der Waals surface area contributed by atoms with Gasteiger partial charge in [0, 0.05) is 29.9 Å². The number of thiazole rings is 1. The van der Waals surface area contributed by atoms with Crippen molar-refractivity contribution in [2.75, 3.05) is 18.6 Å². The Morgan fingerprint density at radius 2 is 2.03 bits per heavy atom. The molecule has 2 amide bonds. The molecular formula is C23H28N4O5S. The number of pyridine rings is 1. The van der Waals surface area contributed by atoms with E-state index < -0.39 is 12.0 Å². The number of hydrogen-bond acceptors (Lipinski definition) is 6. The molecule has 0 spiro atoms. The normalized spacial score (nSPS) is 11.2. The number of rotatable bonds is 9. The SMILES string of the molecule is CCCCOc1c(N(C)C(=O)O)n(CC(C)C)c(=O)c2ccc(-c3nc(C(N)=O)cs3)cc12. The first kappa shape index (κ1) is 24.2. The molecule has 3 N–H and O–H groups in total. The number of hydrogen-bond donors (Lipinski definition) is 2. The van der Waals surface area contributed by atoms with Gasteiger partial charge < -0.3 is 15.6 Å². The van der Waals surface area contributed by atoms with Gasteiger partial charge in [-0.2, -0.15) is 0 Å². The van der Waals surface area contributed by atoms with Gasteiger partial charge in [0.1, 0.15) is 10.7 Å². The summed E-state index contributed by atoms with van der Waals surface area (Å²) in [6.45, 7) is 6.66. The fourth-order valence-electron chi connectivity index (χ4n) is 3.48. The average Bonchev–Trinajstić information content (AvgIpc) is 3.26. The molecule has 2 aromatic heterocycles. The van der Waals surface area contributed by atoms with E-state index in [1.54, 1.807) is 23.6 Å². The Morgan fingerprint density at radius 1 is 1.30 bits per heavy atom. The van der Waals surface area contributed by atoms with Gasteiger partial charge in [0.05, 0.1) is 12.0 Å². The van der Waals surface area contributed by atoms with E-state index in [2.05, 4.69) is 4.98 Å². The predicted octanol–water partition coefficient (Wildman–Crippen LogP) is 4.17. The lowest BCUT2D eigenvalue weighted by molar-refractivity contribution is 0.0996. The molecule has 33 heavy (non-hydrogen) atoms. The molecule has 10 heteroatoms. The number of nitrogens with two attached hydrogens (primary N) is 1. The quantitative estimate of drug-likeness (QED) is 0.450. The third-order valence-electron chi connectivity index (χ3n) is 5.10. The molecule has 9 nitrogen and oxygen atoms in total. The van der Waals surface area contributed by atoms with Crippen molar-refractivity contribution in [1.82, 2.24) is 9.55 Å². The molecule has 0 aliphatic carbocycles. The van der Waals surface area contributed by atoms with E-state index in [0.717, 1.165) is 17.7 Å². The van der Waals surface area contributed by atoms with Crippen LogP contribution in [0.15, 0.2) is 28.4 Å². The highest BCUT2D eigenvalue weighted by Gasteiger charge is 2.25. The zero-order valence-electron chi connectivity index (χ0n) is 19.1. The van der Waals surface area contributed by atoms with Crippen LogP contribution < -0.4 is 20.9 Å². The van der Waals surface area contributed by atoms with Crippen LogP contribution in [0.4, 0.5) is 10.6 Å². The highest BCUT2D eigenvalue weighted by molar-refractivity contribution is 7.13. The number of nitrogens with zero attached hydrogens (tertiary/aromatic N) is 3. The minimum Gasteiger partial charge on any atom is -0.489 e.